The fourth-order valence-corrected chi connectivity index (χ4v) is 6.07. The number of nitro groups is 1. The fraction of sp³-hybridized carbons (Fsp3) is 0.464. The molecule has 1 N–H and O–H groups in total. The normalized spacial score (nSPS) is 16.4. The summed E-state index contributed by atoms with van der Waals surface area (Å²) < 4.78 is 38.5. The van der Waals surface area contributed by atoms with Gasteiger partial charge in [-0.1, -0.05) is 39.0 Å². The first-order chi connectivity index (χ1) is 18.5. The largest absolute Gasteiger partial charge is 0.496 e. The number of benzene rings is 2. The van der Waals surface area contributed by atoms with Gasteiger partial charge in [-0.15, -0.1) is 0 Å². The Bertz CT molecular complexity index is 1410. The molecule has 0 aromatic heterocycles. The van der Waals surface area contributed by atoms with Crippen LogP contribution in [-0.2, 0) is 14.4 Å². The molecule has 0 saturated carbocycles. The minimum atomic E-state index is -3.57. The number of hydrogen-bond donors (Lipinski definition) is 1. The molecule has 0 saturated heterocycles. The van der Waals surface area contributed by atoms with E-state index in [0.717, 1.165) is 11.1 Å². The number of nitro benzene ring substituents is 1. The lowest BCUT2D eigenvalue weighted by atomic mass is 9.93. The van der Waals surface area contributed by atoms with Crippen LogP contribution < -0.4 is 9.46 Å². The monoisotopic (exact) mass is 589 g/mol. The maximum absolute atomic E-state index is 13.9. The minimum absolute atomic E-state index is 0.0387. The van der Waals surface area contributed by atoms with E-state index in [2.05, 4.69) is 38.6 Å². The van der Waals surface area contributed by atoms with Crippen molar-refractivity contribution in [1.82, 2.24) is 9.62 Å². The van der Waals surface area contributed by atoms with Crippen molar-refractivity contribution in [2.45, 2.75) is 63.2 Å². The lowest BCUT2D eigenvalue weighted by molar-refractivity contribution is -0.385. The second-order valence-corrected chi connectivity index (χ2v) is 18.1. The molecule has 1 aliphatic heterocycles. The summed E-state index contributed by atoms with van der Waals surface area (Å²) >= 11 is 0. The predicted molar refractivity (Wildman–Crippen MR) is 158 cm³/mol. The van der Waals surface area contributed by atoms with Crippen molar-refractivity contribution in [2.75, 3.05) is 27.3 Å². The van der Waals surface area contributed by atoms with E-state index >= 15 is 0 Å². The van der Waals surface area contributed by atoms with Crippen LogP contribution >= 0.6 is 0 Å². The maximum atomic E-state index is 13.9. The topological polar surface area (TPSA) is 128 Å². The Morgan fingerprint density at radius 3 is 2.35 bits per heavy atom. The average molecular weight is 590 g/mol. The second kappa shape index (κ2) is 11.8. The molecule has 0 aliphatic carbocycles. The number of nitrogens with zero attached hydrogens (tertiary/aromatic N) is 2. The number of sulfonamides is 1. The van der Waals surface area contributed by atoms with Gasteiger partial charge in [0, 0.05) is 18.7 Å². The summed E-state index contributed by atoms with van der Waals surface area (Å²) in [6, 6.07) is 8.98. The Hall–Kier alpha value is -3.06. The smallest absolute Gasteiger partial charge is 0.282 e. The molecule has 2 aromatic carbocycles. The van der Waals surface area contributed by atoms with E-state index < -0.39 is 35.2 Å². The zero-order valence-electron chi connectivity index (χ0n) is 24.4. The zero-order chi connectivity index (χ0) is 30.0. The highest BCUT2D eigenvalue weighted by Gasteiger charge is 2.40. The summed E-state index contributed by atoms with van der Waals surface area (Å²) in [5.41, 5.74) is 2.03. The first kappa shape index (κ1) is 31.5. The average Bonchev–Trinajstić information content (AvgIpc) is 2.90. The Labute approximate surface area is 237 Å². The lowest BCUT2D eigenvalue weighted by Gasteiger charge is -2.41. The van der Waals surface area contributed by atoms with Crippen molar-refractivity contribution in [1.29, 1.82) is 0 Å². The van der Waals surface area contributed by atoms with E-state index in [1.807, 2.05) is 6.08 Å². The summed E-state index contributed by atoms with van der Waals surface area (Å²) in [5, 5.41) is 11.8. The van der Waals surface area contributed by atoms with Gasteiger partial charge in [-0.25, -0.2) is 13.1 Å². The van der Waals surface area contributed by atoms with Crippen molar-refractivity contribution in [3.05, 3.63) is 69.3 Å². The number of carbonyl (C=O) groups excluding carboxylic acids is 1. The Kier molecular flexibility index (Phi) is 9.29. The van der Waals surface area contributed by atoms with Gasteiger partial charge < -0.3 is 14.1 Å². The summed E-state index contributed by atoms with van der Waals surface area (Å²) in [6.07, 6.45) is 2.34. The highest BCUT2D eigenvalue weighted by Crippen LogP contribution is 2.38. The first-order valence-electron chi connectivity index (χ1n) is 13.0. The van der Waals surface area contributed by atoms with Gasteiger partial charge in [0.1, 0.15) is 11.3 Å². The molecule has 10 nitrogen and oxygen atoms in total. The molecule has 12 heteroatoms. The van der Waals surface area contributed by atoms with Crippen LogP contribution in [0.5, 0.6) is 5.75 Å². The highest BCUT2D eigenvalue weighted by atomic mass is 32.2. The highest BCUT2D eigenvalue weighted by molar-refractivity contribution is 7.89. The molecule has 0 unspecified atom stereocenters. The molecular formula is C28H39N3O7SSi. The van der Waals surface area contributed by atoms with Crippen molar-refractivity contribution in [3.8, 4) is 5.75 Å². The van der Waals surface area contributed by atoms with Crippen LogP contribution in [0.15, 0.2) is 47.4 Å². The van der Waals surface area contributed by atoms with Crippen LogP contribution in [-0.4, -0.2) is 65.8 Å². The SMILES string of the molecule is CNS(=O)(=O)c1ccc(C2=CCN(C(=O)c3cc(OC)c(C)cc3[N+](=O)[O-])[C@H](CO[Si](C)(C)C(C)(C)C)C2)cc1. The third-order valence-corrected chi connectivity index (χ3v) is 13.8. The predicted octanol–water partition coefficient (Wildman–Crippen LogP) is 5.14. The van der Waals surface area contributed by atoms with E-state index in [4.69, 9.17) is 9.16 Å². The van der Waals surface area contributed by atoms with E-state index in [0.29, 0.717) is 17.7 Å². The third kappa shape index (κ3) is 6.62. The molecule has 218 valence electrons. The van der Waals surface area contributed by atoms with Gasteiger partial charge in [0.15, 0.2) is 8.32 Å². The number of ether oxygens (including phenoxy) is 1. The van der Waals surface area contributed by atoms with Crippen molar-refractivity contribution >= 4 is 35.5 Å². The number of amides is 1. The Morgan fingerprint density at radius 2 is 1.82 bits per heavy atom. The van der Waals surface area contributed by atoms with Gasteiger partial charge in [0.2, 0.25) is 10.0 Å². The molecule has 1 aliphatic rings. The van der Waals surface area contributed by atoms with Gasteiger partial charge >= 0.3 is 0 Å². The molecule has 0 fully saturated rings. The number of carbonyl (C=O) groups is 1. The van der Waals surface area contributed by atoms with Crippen LogP contribution in [0.2, 0.25) is 18.1 Å². The molecule has 1 amide bonds. The zero-order valence-corrected chi connectivity index (χ0v) is 26.2. The van der Waals surface area contributed by atoms with E-state index in [-0.39, 0.29) is 34.3 Å². The van der Waals surface area contributed by atoms with Gasteiger partial charge in [0.25, 0.3) is 11.6 Å². The Morgan fingerprint density at radius 1 is 1.20 bits per heavy atom. The molecule has 0 spiro atoms. The van der Waals surface area contributed by atoms with Gasteiger partial charge in [0.05, 0.1) is 29.6 Å². The number of nitrogens with one attached hydrogen (secondary N) is 1. The number of aryl methyl sites for hydroxylation is 1. The molecule has 0 radical (unpaired) electrons. The summed E-state index contributed by atoms with van der Waals surface area (Å²) in [4.78, 5) is 27.0. The summed E-state index contributed by atoms with van der Waals surface area (Å²) in [6.45, 7) is 12.8. The summed E-state index contributed by atoms with van der Waals surface area (Å²) in [5.74, 6) is -0.0764. The van der Waals surface area contributed by atoms with Crippen LogP contribution in [0.25, 0.3) is 5.57 Å². The molecule has 2 aromatic rings. The van der Waals surface area contributed by atoms with Crippen molar-refractivity contribution < 1.29 is 27.3 Å². The molecule has 1 heterocycles. The van der Waals surface area contributed by atoms with Crippen molar-refractivity contribution in [2.24, 2.45) is 0 Å². The van der Waals surface area contributed by atoms with Gasteiger partial charge in [-0.3, -0.25) is 14.9 Å². The molecule has 1 atom stereocenters. The molecule has 0 bridgehead atoms. The third-order valence-electron chi connectivity index (χ3n) is 7.88. The van der Waals surface area contributed by atoms with E-state index in [1.165, 1.54) is 26.3 Å². The molecular weight excluding hydrogens is 550 g/mol. The standard InChI is InChI=1S/C28H39N3O7SSi/c1-19-15-25(31(33)34)24(17-26(19)37-6)27(32)30-14-13-21(16-22(30)18-38-40(7,8)28(2,3)4)20-9-11-23(12-10-20)39(35,36)29-5/h9-13,15,17,22,29H,14,16,18H2,1-8H3/t22-/m0/s1. The molecule has 40 heavy (non-hydrogen) atoms. The van der Waals surface area contributed by atoms with Crippen LogP contribution in [0, 0.1) is 17.0 Å². The van der Waals surface area contributed by atoms with Crippen LogP contribution in [0.3, 0.4) is 0 Å². The van der Waals surface area contributed by atoms with Gasteiger partial charge in [-0.2, -0.15) is 0 Å². The minimum Gasteiger partial charge on any atom is -0.496 e. The number of methoxy groups -OCH3 is 1. The Balaban J connectivity index is 2.02. The quantitative estimate of drug-likeness (QED) is 0.244. The number of rotatable bonds is 9. The van der Waals surface area contributed by atoms with Gasteiger partial charge in [-0.05, 0) is 67.4 Å². The first-order valence-corrected chi connectivity index (χ1v) is 17.4. The molecule has 3 rings (SSSR count). The van der Waals surface area contributed by atoms with E-state index in [1.54, 1.807) is 36.1 Å². The summed E-state index contributed by atoms with van der Waals surface area (Å²) in [7, 11) is -2.93. The second-order valence-electron chi connectivity index (χ2n) is 11.4. The number of hydrogen-bond acceptors (Lipinski definition) is 7. The maximum Gasteiger partial charge on any atom is 0.282 e. The van der Waals surface area contributed by atoms with Crippen LogP contribution in [0.1, 0.15) is 48.7 Å². The van der Waals surface area contributed by atoms with Crippen molar-refractivity contribution in [3.63, 3.8) is 0 Å². The van der Waals surface area contributed by atoms with E-state index in [9.17, 15) is 23.3 Å². The fourth-order valence-electron chi connectivity index (χ4n) is 4.30. The lowest BCUT2D eigenvalue weighted by Crippen LogP contribution is -2.49. The van der Waals surface area contributed by atoms with Crippen LogP contribution in [0.4, 0.5) is 5.69 Å².